The standard InChI is InChI=1S/C18H14ClN3O4S/c1-26-14-6-5-12(8-13(14)19)21-16(23)10-22-17(24)15(27-18(22)25)9-11-4-2-3-7-20-11/h2-9H,10H2,1H3,(H,21,23). The predicted octanol–water partition coefficient (Wildman–Crippen LogP) is 3.42. The van der Waals surface area contributed by atoms with Crippen molar-refractivity contribution in [2.45, 2.75) is 0 Å². The van der Waals surface area contributed by atoms with Crippen LogP contribution in [-0.4, -0.2) is 40.6 Å². The number of amides is 3. The van der Waals surface area contributed by atoms with E-state index >= 15 is 0 Å². The van der Waals surface area contributed by atoms with E-state index in [-0.39, 0.29) is 4.91 Å². The maximum Gasteiger partial charge on any atom is 0.294 e. The first kappa shape index (κ1) is 18.9. The molecule has 2 aromatic rings. The molecule has 138 valence electrons. The maximum atomic E-state index is 12.4. The van der Waals surface area contributed by atoms with E-state index in [2.05, 4.69) is 10.3 Å². The third-order valence-electron chi connectivity index (χ3n) is 3.58. The van der Waals surface area contributed by atoms with Crippen molar-refractivity contribution in [3.8, 4) is 5.75 Å². The number of benzene rings is 1. The number of rotatable bonds is 5. The average Bonchev–Trinajstić information content (AvgIpc) is 2.90. The molecule has 3 amide bonds. The minimum Gasteiger partial charge on any atom is -0.495 e. The fraction of sp³-hybridized carbons (Fsp3) is 0.111. The molecule has 3 rings (SSSR count). The van der Waals surface area contributed by atoms with Gasteiger partial charge in [-0.05, 0) is 48.2 Å². The van der Waals surface area contributed by atoms with Gasteiger partial charge in [0.25, 0.3) is 11.1 Å². The summed E-state index contributed by atoms with van der Waals surface area (Å²) in [6.45, 7) is -0.395. The summed E-state index contributed by atoms with van der Waals surface area (Å²) >= 11 is 6.79. The van der Waals surface area contributed by atoms with Gasteiger partial charge in [0.1, 0.15) is 12.3 Å². The molecule has 1 saturated heterocycles. The molecule has 0 atom stereocenters. The lowest BCUT2D eigenvalue weighted by Crippen LogP contribution is -2.36. The number of hydrogen-bond donors (Lipinski definition) is 1. The fourth-order valence-electron chi connectivity index (χ4n) is 2.32. The van der Waals surface area contributed by atoms with Gasteiger partial charge in [0.15, 0.2) is 0 Å². The van der Waals surface area contributed by atoms with E-state index < -0.39 is 23.6 Å². The SMILES string of the molecule is COc1ccc(NC(=O)CN2C(=O)SC(=Cc3ccccn3)C2=O)cc1Cl. The summed E-state index contributed by atoms with van der Waals surface area (Å²) in [5.74, 6) is -0.573. The Bertz CT molecular complexity index is 933. The number of pyridine rings is 1. The Morgan fingerprint density at radius 2 is 2.15 bits per heavy atom. The second-order valence-electron chi connectivity index (χ2n) is 5.42. The Kier molecular flexibility index (Phi) is 5.78. The molecule has 2 heterocycles. The maximum absolute atomic E-state index is 12.4. The van der Waals surface area contributed by atoms with Gasteiger partial charge in [-0.25, -0.2) is 0 Å². The molecule has 0 aliphatic carbocycles. The number of imide groups is 1. The van der Waals surface area contributed by atoms with Crippen molar-refractivity contribution in [2.75, 3.05) is 19.0 Å². The minimum absolute atomic E-state index is 0.221. The second kappa shape index (κ2) is 8.24. The first-order valence-corrected chi connectivity index (χ1v) is 8.97. The van der Waals surface area contributed by atoms with Crippen LogP contribution in [0.1, 0.15) is 5.69 Å². The van der Waals surface area contributed by atoms with Crippen molar-refractivity contribution >= 4 is 52.2 Å². The normalized spacial score (nSPS) is 15.3. The number of anilines is 1. The quantitative estimate of drug-likeness (QED) is 0.769. The number of ether oxygens (including phenoxy) is 1. The zero-order valence-corrected chi connectivity index (χ0v) is 15.7. The zero-order valence-electron chi connectivity index (χ0n) is 14.1. The van der Waals surface area contributed by atoms with Crippen LogP contribution in [0.3, 0.4) is 0 Å². The summed E-state index contributed by atoms with van der Waals surface area (Å²) in [5, 5.41) is 2.42. The van der Waals surface area contributed by atoms with Crippen LogP contribution in [-0.2, 0) is 9.59 Å². The van der Waals surface area contributed by atoms with Crippen molar-refractivity contribution in [2.24, 2.45) is 0 Å². The van der Waals surface area contributed by atoms with Gasteiger partial charge in [-0.1, -0.05) is 17.7 Å². The molecule has 0 unspecified atom stereocenters. The van der Waals surface area contributed by atoms with Crippen LogP contribution in [0, 0.1) is 0 Å². The van der Waals surface area contributed by atoms with Crippen LogP contribution in [0.5, 0.6) is 5.75 Å². The van der Waals surface area contributed by atoms with Crippen LogP contribution in [0.25, 0.3) is 6.08 Å². The monoisotopic (exact) mass is 403 g/mol. The number of nitrogens with zero attached hydrogens (tertiary/aromatic N) is 2. The Labute approximate surface area is 164 Å². The summed E-state index contributed by atoms with van der Waals surface area (Å²) in [6, 6.07) is 9.97. The van der Waals surface area contributed by atoms with Gasteiger partial charge < -0.3 is 10.1 Å². The molecule has 27 heavy (non-hydrogen) atoms. The van der Waals surface area contributed by atoms with E-state index in [0.29, 0.717) is 22.2 Å². The lowest BCUT2D eigenvalue weighted by atomic mass is 10.3. The lowest BCUT2D eigenvalue weighted by molar-refractivity contribution is -0.127. The highest BCUT2D eigenvalue weighted by atomic mass is 35.5. The van der Waals surface area contributed by atoms with E-state index in [1.165, 1.54) is 19.3 Å². The number of nitrogens with one attached hydrogen (secondary N) is 1. The Balaban J connectivity index is 1.67. The van der Waals surface area contributed by atoms with Crippen molar-refractivity contribution < 1.29 is 19.1 Å². The van der Waals surface area contributed by atoms with Gasteiger partial charge in [0, 0.05) is 11.9 Å². The summed E-state index contributed by atoms with van der Waals surface area (Å²) in [7, 11) is 1.48. The van der Waals surface area contributed by atoms with Crippen LogP contribution in [0.4, 0.5) is 10.5 Å². The third kappa shape index (κ3) is 4.47. The molecule has 9 heteroatoms. The molecule has 1 aliphatic rings. The molecule has 1 aliphatic heterocycles. The van der Waals surface area contributed by atoms with E-state index in [0.717, 1.165) is 16.7 Å². The number of carbonyl (C=O) groups is 3. The van der Waals surface area contributed by atoms with Crippen molar-refractivity contribution in [1.29, 1.82) is 0 Å². The number of aromatic nitrogens is 1. The molecule has 0 bridgehead atoms. The zero-order chi connectivity index (χ0) is 19.4. The van der Waals surface area contributed by atoms with E-state index in [1.54, 1.807) is 36.5 Å². The molecular weight excluding hydrogens is 390 g/mol. The van der Waals surface area contributed by atoms with Gasteiger partial charge >= 0.3 is 0 Å². The Morgan fingerprint density at radius 3 is 2.81 bits per heavy atom. The summed E-state index contributed by atoms with van der Waals surface area (Å²) in [5.41, 5.74) is 0.988. The molecule has 0 spiro atoms. The minimum atomic E-state index is -0.529. The van der Waals surface area contributed by atoms with E-state index in [9.17, 15) is 14.4 Å². The highest BCUT2D eigenvalue weighted by Gasteiger charge is 2.36. The number of carbonyl (C=O) groups excluding carboxylic acids is 3. The van der Waals surface area contributed by atoms with Crippen LogP contribution in [0.15, 0.2) is 47.5 Å². The smallest absolute Gasteiger partial charge is 0.294 e. The van der Waals surface area contributed by atoms with Gasteiger partial charge in [0.05, 0.1) is 22.7 Å². The lowest BCUT2D eigenvalue weighted by Gasteiger charge is -2.13. The van der Waals surface area contributed by atoms with Gasteiger partial charge in [0.2, 0.25) is 5.91 Å². The topological polar surface area (TPSA) is 88.6 Å². The second-order valence-corrected chi connectivity index (χ2v) is 6.82. The number of hydrogen-bond acceptors (Lipinski definition) is 6. The summed E-state index contributed by atoms with van der Waals surface area (Å²) in [6.07, 6.45) is 3.11. The van der Waals surface area contributed by atoms with Gasteiger partial charge in [-0.15, -0.1) is 0 Å². The Hall–Kier alpha value is -2.84. The predicted molar refractivity (Wildman–Crippen MR) is 104 cm³/mol. The van der Waals surface area contributed by atoms with Gasteiger partial charge in [-0.3, -0.25) is 24.3 Å². The summed E-state index contributed by atoms with van der Waals surface area (Å²) < 4.78 is 5.05. The fourth-order valence-corrected chi connectivity index (χ4v) is 3.40. The molecule has 1 aromatic carbocycles. The molecule has 1 fully saturated rings. The first-order chi connectivity index (χ1) is 13.0. The first-order valence-electron chi connectivity index (χ1n) is 7.77. The molecule has 1 aromatic heterocycles. The summed E-state index contributed by atoms with van der Waals surface area (Å²) in [4.78, 5) is 41.9. The van der Waals surface area contributed by atoms with Crippen LogP contribution < -0.4 is 10.1 Å². The molecule has 7 nitrogen and oxygen atoms in total. The molecule has 0 radical (unpaired) electrons. The van der Waals surface area contributed by atoms with Gasteiger partial charge in [-0.2, -0.15) is 0 Å². The van der Waals surface area contributed by atoms with E-state index in [4.69, 9.17) is 16.3 Å². The van der Waals surface area contributed by atoms with Crippen LogP contribution >= 0.6 is 23.4 Å². The largest absolute Gasteiger partial charge is 0.495 e. The molecule has 1 N–H and O–H groups in total. The van der Waals surface area contributed by atoms with E-state index in [1.807, 2.05) is 0 Å². The van der Waals surface area contributed by atoms with Crippen molar-refractivity contribution in [3.63, 3.8) is 0 Å². The third-order valence-corrected chi connectivity index (χ3v) is 4.78. The highest BCUT2D eigenvalue weighted by Crippen LogP contribution is 2.32. The average molecular weight is 404 g/mol. The number of halogens is 1. The Morgan fingerprint density at radius 1 is 1.33 bits per heavy atom. The van der Waals surface area contributed by atoms with Crippen LogP contribution in [0.2, 0.25) is 5.02 Å². The molecular formula is C18H14ClN3O4S. The number of thioether (sulfide) groups is 1. The van der Waals surface area contributed by atoms with Crippen molar-refractivity contribution in [1.82, 2.24) is 9.88 Å². The number of methoxy groups -OCH3 is 1. The highest BCUT2D eigenvalue weighted by molar-refractivity contribution is 8.18. The van der Waals surface area contributed by atoms with Crippen molar-refractivity contribution in [3.05, 3.63) is 58.2 Å². The molecule has 0 saturated carbocycles.